The van der Waals surface area contributed by atoms with Crippen molar-refractivity contribution in [3.8, 4) is 0 Å². The lowest BCUT2D eigenvalue weighted by Crippen LogP contribution is -2.32. The fraction of sp³-hybridized carbons (Fsp3) is 0.556. The summed E-state index contributed by atoms with van der Waals surface area (Å²) < 4.78 is 9.32. The molecule has 2 fully saturated rings. The van der Waals surface area contributed by atoms with Crippen LogP contribution < -0.4 is 5.32 Å². The first-order valence-corrected chi connectivity index (χ1v) is 9.50. The van der Waals surface area contributed by atoms with Crippen molar-refractivity contribution in [2.24, 2.45) is 0 Å². The summed E-state index contributed by atoms with van der Waals surface area (Å²) in [5, 5.41) is 10.9. The summed E-state index contributed by atoms with van der Waals surface area (Å²) in [7, 11) is 0. The number of aliphatic carboxylic acids is 1. The smallest absolute Gasteiger partial charge is 0.333 e. The Balaban J connectivity index is 0.000000616. The molecule has 2 aliphatic rings. The van der Waals surface area contributed by atoms with Gasteiger partial charge in [0.2, 0.25) is 11.8 Å². The Bertz CT molecular complexity index is 761. The Kier molecular flexibility index (Phi) is 11.0. The van der Waals surface area contributed by atoms with Gasteiger partial charge in [0.05, 0.1) is 25.7 Å². The SMILES string of the molecule is O=C(O)CCC(=O)OCCOC(=O)CCC(=O)ON1C(=O)CCC1=O.O=C1CCC(=O)N1. The summed E-state index contributed by atoms with van der Waals surface area (Å²) in [6, 6.07) is 0. The van der Waals surface area contributed by atoms with Crippen LogP contribution in [0, 0.1) is 0 Å². The monoisotopic (exact) mass is 458 g/mol. The highest BCUT2D eigenvalue weighted by atomic mass is 16.7. The van der Waals surface area contributed by atoms with Gasteiger partial charge in [-0.3, -0.25) is 38.9 Å². The van der Waals surface area contributed by atoms with Gasteiger partial charge in [-0.2, -0.15) is 0 Å². The number of carboxylic acid groups (broad SMARTS) is 1. The molecule has 0 bridgehead atoms. The lowest BCUT2D eigenvalue weighted by molar-refractivity contribution is -0.197. The van der Waals surface area contributed by atoms with Crippen molar-refractivity contribution in [2.75, 3.05) is 13.2 Å². The van der Waals surface area contributed by atoms with E-state index in [0.29, 0.717) is 17.9 Å². The molecule has 14 heteroatoms. The largest absolute Gasteiger partial charge is 0.481 e. The topological polar surface area (TPSA) is 200 Å². The first-order chi connectivity index (χ1) is 15.1. The molecular weight excluding hydrogens is 436 g/mol. The molecule has 0 saturated carbocycles. The highest BCUT2D eigenvalue weighted by Gasteiger charge is 2.32. The average Bonchev–Trinajstić information content (AvgIpc) is 3.26. The molecule has 176 valence electrons. The van der Waals surface area contributed by atoms with Crippen LogP contribution in [0.25, 0.3) is 0 Å². The lowest BCUT2D eigenvalue weighted by atomic mass is 10.3. The number of ether oxygens (including phenoxy) is 2. The van der Waals surface area contributed by atoms with Crippen molar-refractivity contribution in [1.82, 2.24) is 10.4 Å². The van der Waals surface area contributed by atoms with Crippen LogP contribution in [0.5, 0.6) is 0 Å². The van der Waals surface area contributed by atoms with Crippen LogP contribution in [0.3, 0.4) is 0 Å². The van der Waals surface area contributed by atoms with E-state index in [1.165, 1.54) is 0 Å². The molecule has 2 heterocycles. The molecule has 32 heavy (non-hydrogen) atoms. The third-order valence-corrected chi connectivity index (χ3v) is 3.74. The molecule has 0 atom stereocenters. The highest BCUT2D eigenvalue weighted by molar-refractivity contribution is 6.02. The maximum atomic E-state index is 11.4. The summed E-state index contributed by atoms with van der Waals surface area (Å²) in [6.07, 6.45) is -0.696. The number of carbonyl (C=O) groups excluding carboxylic acids is 7. The van der Waals surface area contributed by atoms with Gasteiger partial charge in [0, 0.05) is 25.7 Å². The maximum absolute atomic E-state index is 11.4. The summed E-state index contributed by atoms with van der Waals surface area (Å²) in [5.74, 6) is -5.10. The van der Waals surface area contributed by atoms with Crippen LogP contribution in [-0.4, -0.2) is 70.9 Å². The Labute approximate surface area is 181 Å². The molecule has 0 radical (unpaired) electrons. The molecule has 4 amide bonds. The quantitative estimate of drug-likeness (QED) is 0.224. The van der Waals surface area contributed by atoms with Gasteiger partial charge < -0.3 is 19.4 Å². The van der Waals surface area contributed by atoms with Gasteiger partial charge >= 0.3 is 23.9 Å². The molecule has 2 rings (SSSR count). The van der Waals surface area contributed by atoms with E-state index in [-0.39, 0.29) is 57.1 Å². The van der Waals surface area contributed by atoms with Crippen molar-refractivity contribution in [3.05, 3.63) is 0 Å². The number of nitrogens with one attached hydrogen (secondary N) is 1. The molecule has 2 saturated heterocycles. The van der Waals surface area contributed by atoms with Gasteiger partial charge in [-0.05, 0) is 0 Å². The predicted molar refractivity (Wildman–Crippen MR) is 97.6 cm³/mol. The Morgan fingerprint density at radius 3 is 1.56 bits per heavy atom. The second kappa shape index (κ2) is 13.5. The number of esters is 2. The Hall–Kier alpha value is -3.84. The molecule has 0 unspecified atom stereocenters. The van der Waals surface area contributed by atoms with Gasteiger partial charge in [0.15, 0.2) is 0 Å². The standard InChI is InChI=1S/C14H17NO10.C4H5NO2/c16-9-1-2-10(17)15(9)25-14(22)6-5-13(21)24-8-7-23-12(20)4-3-11(18)19;6-3-1-2-4(7)5-3/h1-8H2,(H,18,19);1-2H2,(H,5,6,7). The first kappa shape index (κ1) is 26.2. The van der Waals surface area contributed by atoms with Crippen molar-refractivity contribution in [3.63, 3.8) is 0 Å². The zero-order valence-corrected chi connectivity index (χ0v) is 17.0. The number of amides is 4. The molecule has 0 aromatic rings. The Morgan fingerprint density at radius 1 is 0.719 bits per heavy atom. The molecule has 0 aromatic heterocycles. The Morgan fingerprint density at radius 2 is 1.16 bits per heavy atom. The van der Waals surface area contributed by atoms with Crippen LogP contribution >= 0.6 is 0 Å². The molecule has 14 nitrogen and oxygen atoms in total. The average molecular weight is 458 g/mol. The molecule has 0 aliphatic carbocycles. The number of carboxylic acids is 1. The van der Waals surface area contributed by atoms with Crippen molar-refractivity contribution in [2.45, 2.75) is 51.4 Å². The van der Waals surface area contributed by atoms with E-state index >= 15 is 0 Å². The zero-order chi connectivity index (χ0) is 24.1. The second-order valence-electron chi connectivity index (χ2n) is 6.35. The van der Waals surface area contributed by atoms with E-state index in [1.807, 2.05) is 0 Å². The van der Waals surface area contributed by atoms with Gasteiger partial charge in [-0.1, -0.05) is 0 Å². The minimum atomic E-state index is -1.13. The molecular formula is C18H22N2O12. The predicted octanol–water partition coefficient (Wildman–Crippen LogP) is -1.25. The number of carbonyl (C=O) groups is 8. The second-order valence-corrected chi connectivity index (χ2v) is 6.35. The summed E-state index contributed by atoms with van der Waals surface area (Å²) >= 11 is 0. The van der Waals surface area contributed by atoms with Gasteiger partial charge in [-0.15, -0.1) is 5.06 Å². The number of hydrogen-bond acceptors (Lipinski definition) is 11. The third kappa shape index (κ3) is 10.8. The third-order valence-electron chi connectivity index (χ3n) is 3.74. The van der Waals surface area contributed by atoms with Crippen molar-refractivity contribution in [1.29, 1.82) is 0 Å². The summed E-state index contributed by atoms with van der Waals surface area (Å²) in [6.45, 7) is -0.499. The molecule has 0 aromatic carbocycles. The van der Waals surface area contributed by atoms with E-state index < -0.39 is 42.1 Å². The number of hydrogen-bond donors (Lipinski definition) is 2. The minimum Gasteiger partial charge on any atom is -0.481 e. The van der Waals surface area contributed by atoms with Gasteiger partial charge in [0.25, 0.3) is 11.8 Å². The van der Waals surface area contributed by atoms with Crippen LogP contribution in [0.4, 0.5) is 0 Å². The van der Waals surface area contributed by atoms with E-state index in [0.717, 1.165) is 0 Å². The van der Waals surface area contributed by atoms with E-state index in [2.05, 4.69) is 14.9 Å². The fourth-order valence-electron chi connectivity index (χ4n) is 2.18. The minimum absolute atomic E-state index is 0.0284. The number of hydroxylamine groups is 2. The van der Waals surface area contributed by atoms with E-state index in [4.69, 9.17) is 9.84 Å². The summed E-state index contributed by atoms with van der Waals surface area (Å²) in [4.78, 5) is 91.4. The fourth-order valence-corrected chi connectivity index (χ4v) is 2.18. The first-order valence-electron chi connectivity index (χ1n) is 9.50. The van der Waals surface area contributed by atoms with Crippen molar-refractivity contribution >= 4 is 47.5 Å². The lowest BCUT2D eigenvalue weighted by Gasteiger charge is -2.12. The van der Waals surface area contributed by atoms with Crippen LogP contribution in [0.1, 0.15) is 51.4 Å². The number of nitrogens with zero attached hydrogens (tertiary/aromatic N) is 1. The maximum Gasteiger partial charge on any atom is 0.333 e. The van der Waals surface area contributed by atoms with Crippen LogP contribution in [0.2, 0.25) is 0 Å². The molecule has 2 N–H and O–H groups in total. The zero-order valence-electron chi connectivity index (χ0n) is 17.0. The van der Waals surface area contributed by atoms with Crippen molar-refractivity contribution < 1.29 is 57.8 Å². The number of rotatable bonds is 10. The van der Waals surface area contributed by atoms with E-state index in [1.54, 1.807) is 0 Å². The molecule has 0 spiro atoms. The van der Waals surface area contributed by atoms with E-state index in [9.17, 15) is 38.4 Å². The van der Waals surface area contributed by atoms with Crippen LogP contribution in [0.15, 0.2) is 0 Å². The van der Waals surface area contributed by atoms with Crippen LogP contribution in [-0.2, 0) is 52.7 Å². The molecule has 2 aliphatic heterocycles. The number of imide groups is 2. The normalized spacial score (nSPS) is 14.9. The highest BCUT2D eigenvalue weighted by Crippen LogP contribution is 2.13. The van der Waals surface area contributed by atoms with Gasteiger partial charge in [0.1, 0.15) is 13.2 Å². The summed E-state index contributed by atoms with van der Waals surface area (Å²) in [5.41, 5.74) is 0. The van der Waals surface area contributed by atoms with Gasteiger partial charge in [-0.25, -0.2) is 4.79 Å².